The third-order valence-electron chi connectivity index (χ3n) is 2.34. The van der Waals surface area contributed by atoms with Gasteiger partial charge in [0.2, 0.25) is 0 Å². The van der Waals surface area contributed by atoms with E-state index in [1.54, 1.807) is 6.07 Å². The van der Waals surface area contributed by atoms with Crippen molar-refractivity contribution in [2.75, 3.05) is 18.1 Å². The number of hydrogen-bond donors (Lipinski definition) is 1. The Morgan fingerprint density at radius 1 is 1.40 bits per heavy atom. The van der Waals surface area contributed by atoms with Crippen molar-refractivity contribution >= 4 is 12.0 Å². The molecule has 0 heterocycles. The van der Waals surface area contributed by atoms with Crippen LogP contribution in [0.25, 0.3) is 0 Å². The quantitative estimate of drug-likeness (QED) is 0.747. The van der Waals surface area contributed by atoms with Gasteiger partial charge in [0.25, 0.3) is 0 Å². The topological polar surface area (TPSA) is 40.5 Å². The molecule has 0 fully saturated rings. The minimum Gasteiger partial charge on any atom is -0.395 e. The molecule has 1 aromatic carbocycles. The van der Waals surface area contributed by atoms with Gasteiger partial charge < -0.3 is 10.0 Å². The minimum absolute atomic E-state index is 0.0887. The Bertz CT molecular complexity index is 323. The van der Waals surface area contributed by atoms with Gasteiger partial charge in [-0.3, -0.25) is 4.79 Å². The van der Waals surface area contributed by atoms with Gasteiger partial charge in [0.05, 0.1) is 6.61 Å². The molecule has 0 unspecified atom stereocenters. The summed E-state index contributed by atoms with van der Waals surface area (Å²) in [7, 11) is 0. The Morgan fingerprint density at radius 3 is 2.60 bits per heavy atom. The molecule has 0 saturated carbocycles. The van der Waals surface area contributed by atoms with Crippen LogP contribution in [0.1, 0.15) is 24.2 Å². The van der Waals surface area contributed by atoms with Crippen LogP contribution < -0.4 is 4.90 Å². The zero-order valence-corrected chi connectivity index (χ0v) is 9.18. The zero-order valence-electron chi connectivity index (χ0n) is 9.18. The fraction of sp³-hybridized carbons (Fsp3) is 0.417. The first-order valence-electron chi connectivity index (χ1n) is 5.12. The number of benzene rings is 1. The summed E-state index contributed by atoms with van der Waals surface area (Å²) >= 11 is 0. The highest BCUT2D eigenvalue weighted by atomic mass is 16.3. The summed E-state index contributed by atoms with van der Waals surface area (Å²) < 4.78 is 0. The molecule has 82 valence electrons. The maximum Gasteiger partial charge on any atom is 0.152 e. The number of aldehydes is 1. The van der Waals surface area contributed by atoms with Gasteiger partial charge in [-0.25, -0.2) is 0 Å². The van der Waals surface area contributed by atoms with Crippen molar-refractivity contribution in [1.29, 1.82) is 0 Å². The van der Waals surface area contributed by atoms with Crippen LogP contribution in [0.4, 0.5) is 5.69 Å². The Kier molecular flexibility index (Phi) is 4.31. The van der Waals surface area contributed by atoms with Gasteiger partial charge in [-0.1, -0.05) is 12.1 Å². The van der Waals surface area contributed by atoms with Crippen molar-refractivity contribution in [3.8, 4) is 0 Å². The van der Waals surface area contributed by atoms with Gasteiger partial charge in [-0.05, 0) is 26.0 Å². The number of aliphatic hydroxyl groups excluding tert-OH is 1. The highest BCUT2D eigenvalue weighted by molar-refractivity contribution is 5.84. The van der Waals surface area contributed by atoms with Crippen LogP contribution in [0, 0.1) is 0 Å². The summed E-state index contributed by atoms with van der Waals surface area (Å²) in [4.78, 5) is 12.9. The Hall–Kier alpha value is -1.35. The molecule has 1 aromatic rings. The fourth-order valence-corrected chi connectivity index (χ4v) is 1.61. The number of anilines is 1. The summed E-state index contributed by atoms with van der Waals surface area (Å²) in [5.74, 6) is 0. The van der Waals surface area contributed by atoms with Crippen LogP contribution in [0.5, 0.6) is 0 Å². The SMILES string of the molecule is CC(C)N(CCO)c1ccccc1C=O. The maximum atomic E-state index is 10.9. The van der Waals surface area contributed by atoms with Crippen LogP contribution in [-0.4, -0.2) is 30.6 Å². The molecular formula is C12H17NO2. The second kappa shape index (κ2) is 5.51. The van der Waals surface area contributed by atoms with Crippen LogP contribution in [-0.2, 0) is 0 Å². The molecule has 15 heavy (non-hydrogen) atoms. The van der Waals surface area contributed by atoms with Crippen molar-refractivity contribution in [2.45, 2.75) is 19.9 Å². The molecule has 0 atom stereocenters. The molecule has 0 aliphatic heterocycles. The molecule has 0 aliphatic rings. The smallest absolute Gasteiger partial charge is 0.152 e. The average Bonchev–Trinajstić information content (AvgIpc) is 2.25. The number of rotatable bonds is 5. The van der Waals surface area contributed by atoms with Crippen LogP contribution in [0.3, 0.4) is 0 Å². The largest absolute Gasteiger partial charge is 0.395 e. The van der Waals surface area contributed by atoms with E-state index in [2.05, 4.69) is 0 Å². The molecule has 0 spiro atoms. The lowest BCUT2D eigenvalue weighted by molar-refractivity contribution is 0.112. The molecule has 0 bridgehead atoms. The van der Waals surface area contributed by atoms with Gasteiger partial charge in [0.15, 0.2) is 6.29 Å². The molecular weight excluding hydrogens is 190 g/mol. The number of carbonyl (C=O) groups is 1. The predicted molar refractivity (Wildman–Crippen MR) is 61.4 cm³/mol. The van der Waals surface area contributed by atoms with Crippen LogP contribution >= 0.6 is 0 Å². The normalized spacial score (nSPS) is 10.4. The second-order valence-corrected chi connectivity index (χ2v) is 3.69. The Labute approximate surface area is 90.3 Å². The van der Waals surface area contributed by atoms with Gasteiger partial charge >= 0.3 is 0 Å². The summed E-state index contributed by atoms with van der Waals surface area (Å²) in [5, 5.41) is 8.98. The van der Waals surface area contributed by atoms with E-state index in [0.717, 1.165) is 12.0 Å². The van der Waals surface area contributed by atoms with Crippen molar-refractivity contribution in [3.63, 3.8) is 0 Å². The number of aliphatic hydroxyl groups is 1. The Morgan fingerprint density at radius 2 is 2.07 bits per heavy atom. The van der Waals surface area contributed by atoms with E-state index >= 15 is 0 Å². The molecule has 0 aliphatic carbocycles. The lowest BCUT2D eigenvalue weighted by Crippen LogP contribution is -2.34. The minimum atomic E-state index is 0.0887. The first kappa shape index (κ1) is 11.7. The van der Waals surface area contributed by atoms with Crippen molar-refractivity contribution in [2.24, 2.45) is 0 Å². The van der Waals surface area contributed by atoms with Gasteiger partial charge in [-0.15, -0.1) is 0 Å². The highest BCUT2D eigenvalue weighted by Crippen LogP contribution is 2.20. The van der Waals surface area contributed by atoms with E-state index in [-0.39, 0.29) is 12.6 Å². The second-order valence-electron chi connectivity index (χ2n) is 3.69. The van der Waals surface area contributed by atoms with E-state index in [4.69, 9.17) is 5.11 Å². The van der Waals surface area contributed by atoms with E-state index in [0.29, 0.717) is 12.1 Å². The first-order valence-corrected chi connectivity index (χ1v) is 5.12. The monoisotopic (exact) mass is 207 g/mol. The third kappa shape index (κ3) is 2.80. The van der Waals surface area contributed by atoms with Crippen LogP contribution in [0.15, 0.2) is 24.3 Å². The maximum absolute atomic E-state index is 10.9. The number of carbonyl (C=O) groups excluding carboxylic acids is 1. The molecule has 0 saturated heterocycles. The number of para-hydroxylation sites is 1. The molecule has 3 nitrogen and oxygen atoms in total. The average molecular weight is 207 g/mol. The molecule has 0 aromatic heterocycles. The lowest BCUT2D eigenvalue weighted by atomic mass is 10.1. The fourth-order valence-electron chi connectivity index (χ4n) is 1.61. The van der Waals surface area contributed by atoms with E-state index in [1.807, 2.05) is 36.9 Å². The standard InChI is InChI=1S/C12H17NO2/c1-10(2)13(7-8-14)12-6-4-3-5-11(12)9-15/h3-6,9-10,14H,7-8H2,1-2H3. The molecule has 3 heteroatoms. The summed E-state index contributed by atoms with van der Waals surface area (Å²) in [6.45, 7) is 4.71. The molecule has 0 amide bonds. The zero-order chi connectivity index (χ0) is 11.3. The van der Waals surface area contributed by atoms with E-state index < -0.39 is 0 Å². The van der Waals surface area contributed by atoms with Crippen molar-refractivity contribution in [1.82, 2.24) is 0 Å². The predicted octanol–water partition coefficient (Wildman–Crippen LogP) is 1.71. The first-order chi connectivity index (χ1) is 7.20. The number of hydrogen-bond acceptors (Lipinski definition) is 3. The molecule has 0 radical (unpaired) electrons. The van der Waals surface area contributed by atoms with Gasteiger partial charge in [0, 0.05) is 23.8 Å². The van der Waals surface area contributed by atoms with E-state index in [1.165, 1.54) is 0 Å². The molecule has 1 rings (SSSR count). The highest BCUT2D eigenvalue weighted by Gasteiger charge is 2.12. The van der Waals surface area contributed by atoms with Gasteiger partial charge in [-0.2, -0.15) is 0 Å². The summed E-state index contributed by atoms with van der Waals surface area (Å²) in [6.07, 6.45) is 0.849. The van der Waals surface area contributed by atoms with E-state index in [9.17, 15) is 4.79 Å². The lowest BCUT2D eigenvalue weighted by Gasteiger charge is -2.29. The third-order valence-corrected chi connectivity index (χ3v) is 2.34. The van der Waals surface area contributed by atoms with Crippen molar-refractivity contribution < 1.29 is 9.90 Å². The Balaban J connectivity index is 3.04. The molecule has 1 N–H and O–H groups in total. The van der Waals surface area contributed by atoms with Gasteiger partial charge in [0.1, 0.15) is 0 Å². The van der Waals surface area contributed by atoms with Crippen molar-refractivity contribution in [3.05, 3.63) is 29.8 Å². The summed E-state index contributed by atoms with van der Waals surface area (Å²) in [6, 6.07) is 7.69. The number of nitrogens with zero attached hydrogens (tertiary/aromatic N) is 1. The van der Waals surface area contributed by atoms with Crippen LogP contribution in [0.2, 0.25) is 0 Å². The summed E-state index contributed by atoms with van der Waals surface area (Å²) in [5.41, 5.74) is 1.55.